The molecule has 0 spiro atoms. The van der Waals surface area contributed by atoms with Gasteiger partial charge in [-0.15, -0.1) is 0 Å². The second-order valence-corrected chi connectivity index (χ2v) is 5.73. The minimum atomic E-state index is -0.135. The molecule has 0 aromatic carbocycles. The van der Waals surface area contributed by atoms with E-state index < -0.39 is 0 Å². The Morgan fingerprint density at radius 2 is 2.33 bits per heavy atom. The molecule has 1 atom stereocenters. The number of aromatic amines is 1. The molecule has 7 nitrogen and oxygen atoms in total. The van der Waals surface area contributed by atoms with Crippen molar-refractivity contribution in [1.29, 1.82) is 0 Å². The molecule has 1 amide bonds. The highest BCUT2D eigenvalue weighted by molar-refractivity contribution is 6.34. The predicted molar refractivity (Wildman–Crippen MR) is 79.2 cm³/mol. The number of amides is 1. The highest BCUT2D eigenvalue weighted by Crippen LogP contribution is 2.31. The standard InChI is InChI=1S/C13H17ClN6O/c1-7-10(14)12(18-19(7)2)13(21)20-4-3-8(6-20)11-9(15)5-16-17-11/h5,8H,3-4,6,15H2,1-2H3,(H,16,17). The number of halogens is 1. The molecule has 1 aliphatic rings. The van der Waals surface area contributed by atoms with Crippen molar-refractivity contribution in [2.24, 2.45) is 7.05 Å². The molecule has 8 heteroatoms. The third-order valence-electron chi connectivity index (χ3n) is 4.05. The van der Waals surface area contributed by atoms with Crippen LogP contribution in [0, 0.1) is 6.92 Å². The minimum Gasteiger partial charge on any atom is -0.396 e. The number of nitrogens with zero attached hydrogens (tertiary/aromatic N) is 4. The zero-order valence-corrected chi connectivity index (χ0v) is 12.7. The second-order valence-electron chi connectivity index (χ2n) is 5.35. The molecule has 1 fully saturated rings. The zero-order valence-electron chi connectivity index (χ0n) is 11.9. The summed E-state index contributed by atoms with van der Waals surface area (Å²) in [5, 5.41) is 11.5. The molecule has 2 aromatic heterocycles. The van der Waals surface area contributed by atoms with Crippen molar-refractivity contribution in [2.75, 3.05) is 18.8 Å². The number of likely N-dealkylation sites (tertiary alicyclic amines) is 1. The number of hydrogen-bond donors (Lipinski definition) is 2. The third-order valence-corrected chi connectivity index (χ3v) is 4.50. The first-order valence-electron chi connectivity index (χ1n) is 6.76. The molecule has 112 valence electrons. The van der Waals surface area contributed by atoms with Gasteiger partial charge in [-0.25, -0.2) is 0 Å². The van der Waals surface area contributed by atoms with Crippen LogP contribution in [0.5, 0.6) is 0 Å². The van der Waals surface area contributed by atoms with E-state index in [0.717, 1.165) is 17.8 Å². The highest BCUT2D eigenvalue weighted by atomic mass is 35.5. The van der Waals surface area contributed by atoms with Crippen LogP contribution >= 0.6 is 11.6 Å². The van der Waals surface area contributed by atoms with Gasteiger partial charge in [0.1, 0.15) is 0 Å². The maximum atomic E-state index is 12.5. The first-order valence-corrected chi connectivity index (χ1v) is 7.14. The van der Waals surface area contributed by atoms with Crippen molar-refractivity contribution in [3.05, 3.63) is 28.3 Å². The predicted octanol–water partition coefficient (Wildman–Crippen LogP) is 1.32. The van der Waals surface area contributed by atoms with Crippen LogP contribution in [0.3, 0.4) is 0 Å². The number of nitrogen functional groups attached to an aromatic ring is 1. The van der Waals surface area contributed by atoms with E-state index in [-0.39, 0.29) is 11.8 Å². The first-order chi connectivity index (χ1) is 9.99. The maximum absolute atomic E-state index is 12.5. The molecule has 1 unspecified atom stereocenters. The number of carbonyl (C=O) groups is 1. The van der Waals surface area contributed by atoms with Gasteiger partial charge in [0, 0.05) is 26.1 Å². The fourth-order valence-electron chi connectivity index (χ4n) is 2.68. The Bertz CT molecular complexity index is 691. The van der Waals surface area contributed by atoms with Gasteiger partial charge in [-0.2, -0.15) is 10.2 Å². The van der Waals surface area contributed by atoms with E-state index in [1.807, 2.05) is 6.92 Å². The van der Waals surface area contributed by atoms with Crippen LogP contribution in [0.4, 0.5) is 5.69 Å². The smallest absolute Gasteiger partial charge is 0.275 e. The number of nitrogens with one attached hydrogen (secondary N) is 1. The summed E-state index contributed by atoms with van der Waals surface area (Å²) in [6, 6.07) is 0. The van der Waals surface area contributed by atoms with Crippen molar-refractivity contribution < 1.29 is 4.79 Å². The minimum absolute atomic E-state index is 0.135. The number of H-pyrrole nitrogens is 1. The van der Waals surface area contributed by atoms with E-state index in [4.69, 9.17) is 17.3 Å². The van der Waals surface area contributed by atoms with Crippen molar-refractivity contribution in [1.82, 2.24) is 24.9 Å². The van der Waals surface area contributed by atoms with Crippen molar-refractivity contribution >= 4 is 23.2 Å². The maximum Gasteiger partial charge on any atom is 0.275 e. The fourth-order valence-corrected chi connectivity index (χ4v) is 2.92. The molecular weight excluding hydrogens is 292 g/mol. The van der Waals surface area contributed by atoms with Crippen LogP contribution in [0.15, 0.2) is 6.20 Å². The van der Waals surface area contributed by atoms with Crippen molar-refractivity contribution in [2.45, 2.75) is 19.3 Å². The van der Waals surface area contributed by atoms with E-state index in [1.165, 1.54) is 0 Å². The monoisotopic (exact) mass is 308 g/mol. The molecule has 0 saturated carbocycles. The van der Waals surface area contributed by atoms with E-state index in [1.54, 1.807) is 22.8 Å². The summed E-state index contributed by atoms with van der Waals surface area (Å²) in [7, 11) is 1.77. The molecule has 1 saturated heterocycles. The van der Waals surface area contributed by atoms with Crippen molar-refractivity contribution in [3.8, 4) is 0 Å². The Hall–Kier alpha value is -2.02. The molecule has 2 aromatic rings. The van der Waals surface area contributed by atoms with Crippen LogP contribution in [-0.4, -0.2) is 43.9 Å². The number of anilines is 1. The average Bonchev–Trinajstić information content (AvgIpc) is 3.14. The Labute approximate surface area is 127 Å². The van der Waals surface area contributed by atoms with Gasteiger partial charge in [0.15, 0.2) is 5.69 Å². The summed E-state index contributed by atoms with van der Waals surface area (Å²) in [6.07, 6.45) is 2.44. The van der Waals surface area contributed by atoms with E-state index >= 15 is 0 Å². The fraction of sp³-hybridized carbons (Fsp3) is 0.462. The van der Waals surface area contributed by atoms with Crippen LogP contribution < -0.4 is 5.73 Å². The van der Waals surface area contributed by atoms with Gasteiger partial charge in [0.25, 0.3) is 5.91 Å². The number of rotatable bonds is 2. The van der Waals surface area contributed by atoms with Crippen LogP contribution in [0.25, 0.3) is 0 Å². The molecule has 1 aliphatic heterocycles. The van der Waals surface area contributed by atoms with Crippen LogP contribution in [-0.2, 0) is 7.05 Å². The molecular formula is C13H17ClN6O. The quantitative estimate of drug-likeness (QED) is 0.875. The number of aryl methyl sites for hydroxylation is 1. The summed E-state index contributed by atoms with van der Waals surface area (Å²) < 4.78 is 1.62. The molecule has 3 N–H and O–H groups in total. The molecule has 0 bridgehead atoms. The molecule has 3 rings (SSSR count). The van der Waals surface area contributed by atoms with Gasteiger partial charge < -0.3 is 10.6 Å². The van der Waals surface area contributed by atoms with Gasteiger partial charge >= 0.3 is 0 Å². The molecule has 0 radical (unpaired) electrons. The van der Waals surface area contributed by atoms with Gasteiger partial charge in [-0.05, 0) is 13.3 Å². The second kappa shape index (κ2) is 5.07. The Balaban J connectivity index is 1.78. The van der Waals surface area contributed by atoms with Crippen LogP contribution in [0.2, 0.25) is 5.02 Å². The van der Waals surface area contributed by atoms with Crippen LogP contribution in [0.1, 0.15) is 34.2 Å². The summed E-state index contributed by atoms with van der Waals surface area (Å²) in [6.45, 7) is 3.09. The number of hydrogen-bond acceptors (Lipinski definition) is 4. The Kier molecular flexibility index (Phi) is 3.36. The average molecular weight is 309 g/mol. The molecule has 21 heavy (non-hydrogen) atoms. The topological polar surface area (TPSA) is 92.8 Å². The lowest BCUT2D eigenvalue weighted by Gasteiger charge is -2.15. The van der Waals surface area contributed by atoms with E-state index in [2.05, 4.69) is 15.3 Å². The Morgan fingerprint density at radius 3 is 2.90 bits per heavy atom. The SMILES string of the molecule is Cc1c(Cl)c(C(=O)N2CCC(c3[nH]ncc3N)C2)nn1C. The lowest BCUT2D eigenvalue weighted by Crippen LogP contribution is -2.29. The van der Waals surface area contributed by atoms with E-state index in [0.29, 0.717) is 29.5 Å². The summed E-state index contributed by atoms with van der Waals surface area (Å²) >= 11 is 6.18. The lowest BCUT2D eigenvalue weighted by atomic mass is 10.0. The van der Waals surface area contributed by atoms with Gasteiger partial charge in [-0.3, -0.25) is 14.6 Å². The van der Waals surface area contributed by atoms with E-state index in [9.17, 15) is 4.79 Å². The van der Waals surface area contributed by atoms with Gasteiger partial charge in [0.2, 0.25) is 0 Å². The number of aromatic nitrogens is 4. The summed E-state index contributed by atoms with van der Waals surface area (Å²) in [5.41, 5.74) is 8.50. The summed E-state index contributed by atoms with van der Waals surface area (Å²) in [5.74, 6) is 0.0457. The molecule has 0 aliphatic carbocycles. The Morgan fingerprint density at radius 1 is 1.57 bits per heavy atom. The van der Waals surface area contributed by atoms with Gasteiger partial charge in [-0.1, -0.05) is 11.6 Å². The van der Waals surface area contributed by atoms with Gasteiger partial charge in [0.05, 0.1) is 28.3 Å². The lowest BCUT2D eigenvalue weighted by molar-refractivity contribution is 0.0784. The normalized spacial score (nSPS) is 18.4. The summed E-state index contributed by atoms with van der Waals surface area (Å²) in [4.78, 5) is 14.3. The number of carbonyl (C=O) groups excluding carboxylic acids is 1. The largest absolute Gasteiger partial charge is 0.396 e. The van der Waals surface area contributed by atoms with Crippen molar-refractivity contribution in [3.63, 3.8) is 0 Å². The first kappa shape index (κ1) is 13.9. The molecule has 3 heterocycles. The number of nitrogens with two attached hydrogens (primary N) is 1. The highest BCUT2D eigenvalue weighted by Gasteiger charge is 2.32. The third kappa shape index (κ3) is 2.27. The zero-order chi connectivity index (χ0) is 15.1.